The summed E-state index contributed by atoms with van der Waals surface area (Å²) in [6, 6.07) is 2.07. The molecular formula is C15H20N4OS. The molecule has 112 valence electrons. The molecule has 1 saturated heterocycles. The third-order valence-corrected chi connectivity index (χ3v) is 6.10. The molecule has 0 spiro atoms. The van der Waals surface area contributed by atoms with Gasteiger partial charge in [0.05, 0.1) is 0 Å². The van der Waals surface area contributed by atoms with E-state index in [-0.39, 0.29) is 5.56 Å². The van der Waals surface area contributed by atoms with Crippen LogP contribution in [0.1, 0.15) is 39.0 Å². The highest BCUT2D eigenvalue weighted by Crippen LogP contribution is 2.41. The summed E-state index contributed by atoms with van der Waals surface area (Å²) in [5.74, 6) is 1.59. The molecule has 0 N–H and O–H groups in total. The Kier molecular flexibility index (Phi) is 3.21. The summed E-state index contributed by atoms with van der Waals surface area (Å²) in [4.78, 5) is 19.3. The largest absolute Gasteiger partial charge is 0.343 e. The van der Waals surface area contributed by atoms with E-state index in [2.05, 4.69) is 21.9 Å². The van der Waals surface area contributed by atoms with E-state index >= 15 is 0 Å². The molecule has 2 aliphatic rings. The predicted octanol–water partition coefficient (Wildman–Crippen LogP) is 2.56. The van der Waals surface area contributed by atoms with Crippen molar-refractivity contribution in [3.05, 3.63) is 22.6 Å². The summed E-state index contributed by atoms with van der Waals surface area (Å²) >= 11 is 1.54. The molecule has 21 heavy (non-hydrogen) atoms. The minimum Gasteiger partial charge on any atom is -0.343 e. The zero-order valence-electron chi connectivity index (χ0n) is 12.2. The molecule has 2 fully saturated rings. The maximum atomic E-state index is 11.9. The van der Waals surface area contributed by atoms with Gasteiger partial charge in [-0.15, -0.1) is 5.10 Å². The van der Waals surface area contributed by atoms with Crippen molar-refractivity contribution >= 4 is 21.4 Å². The topological polar surface area (TPSA) is 50.5 Å². The quantitative estimate of drug-likeness (QED) is 0.812. The van der Waals surface area contributed by atoms with Crippen molar-refractivity contribution in [2.45, 2.75) is 45.1 Å². The van der Waals surface area contributed by atoms with E-state index in [4.69, 9.17) is 0 Å². The van der Waals surface area contributed by atoms with Crippen molar-refractivity contribution in [3.8, 4) is 0 Å². The van der Waals surface area contributed by atoms with E-state index in [1.807, 2.05) is 0 Å². The van der Waals surface area contributed by atoms with Gasteiger partial charge in [-0.2, -0.15) is 4.52 Å². The van der Waals surface area contributed by atoms with Crippen LogP contribution in [0.4, 0.5) is 5.13 Å². The predicted molar refractivity (Wildman–Crippen MR) is 84.0 cm³/mol. The lowest BCUT2D eigenvalue weighted by atomic mass is 9.73. The molecule has 2 aromatic rings. The summed E-state index contributed by atoms with van der Waals surface area (Å²) in [6.45, 7) is 3.45. The Morgan fingerprint density at radius 3 is 3.00 bits per heavy atom. The van der Waals surface area contributed by atoms with Crippen molar-refractivity contribution < 1.29 is 0 Å². The summed E-state index contributed by atoms with van der Waals surface area (Å²) < 4.78 is 1.44. The Morgan fingerprint density at radius 2 is 2.14 bits per heavy atom. The molecule has 3 atom stereocenters. The van der Waals surface area contributed by atoms with Gasteiger partial charge in [0.2, 0.25) is 10.1 Å². The van der Waals surface area contributed by atoms with Crippen LogP contribution in [0.5, 0.6) is 0 Å². The lowest BCUT2D eigenvalue weighted by molar-refractivity contribution is 0.177. The molecule has 0 bridgehead atoms. The third-order valence-electron chi connectivity index (χ3n) is 5.14. The Labute approximate surface area is 127 Å². The number of aromatic nitrogens is 3. The second kappa shape index (κ2) is 5.09. The Balaban J connectivity index is 1.73. The molecule has 1 aliphatic carbocycles. The van der Waals surface area contributed by atoms with Crippen LogP contribution in [0.2, 0.25) is 0 Å². The van der Waals surface area contributed by atoms with Crippen LogP contribution in [0.15, 0.2) is 17.1 Å². The van der Waals surface area contributed by atoms with Crippen molar-refractivity contribution in [1.82, 2.24) is 14.6 Å². The van der Waals surface area contributed by atoms with Gasteiger partial charge in [-0.05, 0) is 31.1 Å². The lowest BCUT2D eigenvalue weighted by Gasteiger charge is -2.47. The van der Waals surface area contributed by atoms with Crippen LogP contribution in [-0.4, -0.2) is 27.2 Å². The normalized spacial score (nSPS) is 29.6. The molecule has 0 amide bonds. The van der Waals surface area contributed by atoms with Crippen molar-refractivity contribution in [3.63, 3.8) is 0 Å². The number of piperidine rings is 1. The second-order valence-corrected chi connectivity index (χ2v) is 7.27. The molecule has 1 aliphatic heterocycles. The van der Waals surface area contributed by atoms with Gasteiger partial charge in [0.1, 0.15) is 0 Å². The Morgan fingerprint density at radius 1 is 1.29 bits per heavy atom. The van der Waals surface area contributed by atoms with E-state index in [0.717, 1.165) is 23.5 Å². The van der Waals surface area contributed by atoms with Crippen molar-refractivity contribution in [2.24, 2.45) is 11.8 Å². The minimum atomic E-state index is -0.0897. The molecule has 2 aromatic heterocycles. The van der Waals surface area contributed by atoms with Gasteiger partial charge < -0.3 is 4.90 Å². The van der Waals surface area contributed by atoms with Gasteiger partial charge >= 0.3 is 0 Å². The molecule has 1 saturated carbocycles. The van der Waals surface area contributed by atoms with Gasteiger partial charge in [0.15, 0.2) is 0 Å². The fourth-order valence-corrected chi connectivity index (χ4v) is 4.96. The van der Waals surface area contributed by atoms with E-state index in [0.29, 0.717) is 11.0 Å². The number of rotatable bonds is 1. The zero-order valence-corrected chi connectivity index (χ0v) is 13.1. The highest BCUT2D eigenvalue weighted by atomic mass is 32.1. The number of anilines is 1. The Bertz CT molecular complexity index is 709. The molecule has 0 aromatic carbocycles. The van der Waals surface area contributed by atoms with Crippen LogP contribution in [0, 0.1) is 11.8 Å². The summed E-state index contributed by atoms with van der Waals surface area (Å²) in [5, 5.41) is 5.51. The van der Waals surface area contributed by atoms with Gasteiger partial charge in [-0.25, -0.2) is 4.98 Å². The SMILES string of the molecule is C[C@@H]1CCN(c2nn3c(=O)ccnc3s2)[C@H]2CCCC[C@H]12. The van der Waals surface area contributed by atoms with Crippen molar-refractivity contribution in [2.75, 3.05) is 11.4 Å². The zero-order chi connectivity index (χ0) is 14.4. The standard InChI is InChI=1S/C15H20N4OS/c1-10-7-9-18(12-5-3-2-4-11(10)12)15-17-19-13(20)6-8-16-14(19)21-15/h6,8,10-12H,2-5,7,9H2,1H3/t10-,11-,12+/m1/s1. The number of hydrogen-bond donors (Lipinski definition) is 0. The summed E-state index contributed by atoms with van der Waals surface area (Å²) in [7, 11) is 0. The minimum absolute atomic E-state index is 0.0897. The Hall–Kier alpha value is -1.43. The second-order valence-electron chi connectivity index (χ2n) is 6.34. The van der Waals surface area contributed by atoms with Crippen LogP contribution >= 0.6 is 11.3 Å². The molecule has 3 heterocycles. The lowest BCUT2D eigenvalue weighted by Crippen LogP contribution is -2.50. The molecular weight excluding hydrogens is 284 g/mol. The van der Waals surface area contributed by atoms with E-state index in [1.54, 1.807) is 17.5 Å². The first-order valence-electron chi connectivity index (χ1n) is 7.85. The van der Waals surface area contributed by atoms with Crippen molar-refractivity contribution in [1.29, 1.82) is 0 Å². The average molecular weight is 304 g/mol. The first-order chi connectivity index (χ1) is 10.2. The van der Waals surface area contributed by atoms with Gasteiger partial charge in [-0.1, -0.05) is 31.1 Å². The monoisotopic (exact) mass is 304 g/mol. The smallest absolute Gasteiger partial charge is 0.275 e. The number of hydrogen-bond acceptors (Lipinski definition) is 5. The van der Waals surface area contributed by atoms with E-state index in [1.165, 1.54) is 42.7 Å². The maximum absolute atomic E-state index is 11.9. The molecule has 4 rings (SSSR count). The summed E-state index contributed by atoms with van der Waals surface area (Å²) in [6.07, 6.45) is 8.06. The number of nitrogens with zero attached hydrogens (tertiary/aromatic N) is 4. The van der Waals surface area contributed by atoms with Crippen LogP contribution in [-0.2, 0) is 0 Å². The number of fused-ring (bicyclic) bond motifs is 2. The first kappa shape index (κ1) is 13.2. The van der Waals surface area contributed by atoms with Gasteiger partial charge in [0, 0.05) is 24.8 Å². The molecule has 6 heteroatoms. The van der Waals surface area contributed by atoms with Gasteiger partial charge in [0.25, 0.3) is 5.56 Å². The van der Waals surface area contributed by atoms with Crippen LogP contribution in [0.3, 0.4) is 0 Å². The average Bonchev–Trinajstić information content (AvgIpc) is 2.93. The van der Waals surface area contributed by atoms with E-state index < -0.39 is 0 Å². The van der Waals surface area contributed by atoms with Crippen LogP contribution in [0.25, 0.3) is 4.96 Å². The fourth-order valence-electron chi connectivity index (χ4n) is 4.00. The fraction of sp³-hybridized carbons (Fsp3) is 0.667. The molecule has 5 nitrogen and oxygen atoms in total. The van der Waals surface area contributed by atoms with Gasteiger partial charge in [-0.3, -0.25) is 4.79 Å². The molecule has 0 radical (unpaired) electrons. The van der Waals surface area contributed by atoms with Crippen LogP contribution < -0.4 is 10.5 Å². The van der Waals surface area contributed by atoms with E-state index in [9.17, 15) is 4.79 Å². The summed E-state index contributed by atoms with van der Waals surface area (Å²) in [5.41, 5.74) is -0.0897. The first-order valence-corrected chi connectivity index (χ1v) is 8.67. The maximum Gasteiger partial charge on any atom is 0.275 e. The highest BCUT2D eigenvalue weighted by molar-refractivity contribution is 7.20. The third kappa shape index (κ3) is 2.16. The molecule has 0 unspecified atom stereocenters. The highest BCUT2D eigenvalue weighted by Gasteiger charge is 2.38.